The summed E-state index contributed by atoms with van der Waals surface area (Å²) in [6.07, 6.45) is 0.988. The Bertz CT molecular complexity index is 574. The van der Waals surface area contributed by atoms with Crippen LogP contribution < -0.4 is 16.0 Å². The number of nitrogens with zero attached hydrogens (tertiary/aromatic N) is 2. The minimum atomic E-state index is -0.393. The van der Waals surface area contributed by atoms with E-state index in [1.54, 1.807) is 19.2 Å². The van der Waals surface area contributed by atoms with Gasteiger partial charge in [-0.05, 0) is 38.6 Å². The van der Waals surface area contributed by atoms with Crippen LogP contribution in [0, 0.1) is 5.82 Å². The van der Waals surface area contributed by atoms with Crippen LogP contribution in [0.4, 0.5) is 10.1 Å². The third-order valence-electron chi connectivity index (χ3n) is 3.51. The molecule has 0 saturated carbocycles. The molecule has 0 spiro atoms. The molecule has 1 rings (SSSR count). The molecule has 0 radical (unpaired) electrons. The van der Waals surface area contributed by atoms with Crippen LogP contribution in [0.1, 0.15) is 13.3 Å². The number of carbonyl (C=O) groups excluding carboxylic acids is 1. The lowest BCUT2D eigenvalue weighted by Crippen LogP contribution is -2.41. The van der Waals surface area contributed by atoms with Crippen molar-refractivity contribution >= 4 is 41.5 Å². The average molecular weight is 495 g/mol. The smallest absolute Gasteiger partial charge is 0.246 e. The second-order valence-electron chi connectivity index (χ2n) is 5.83. The number of methoxy groups -OCH3 is 1. The van der Waals surface area contributed by atoms with E-state index in [-0.39, 0.29) is 36.4 Å². The number of aliphatic imine (C=N–C) groups is 1. The first-order valence-corrected chi connectivity index (χ1v) is 8.80. The quantitative estimate of drug-likeness (QED) is 0.189. The highest BCUT2D eigenvalue weighted by molar-refractivity contribution is 14.0. The zero-order valence-electron chi connectivity index (χ0n) is 16.3. The first kappa shape index (κ1) is 25.5. The van der Waals surface area contributed by atoms with Gasteiger partial charge in [0.15, 0.2) is 5.96 Å². The predicted octanol–water partition coefficient (Wildman–Crippen LogP) is 1.91. The lowest BCUT2D eigenvalue weighted by Gasteiger charge is -2.18. The first-order valence-electron chi connectivity index (χ1n) is 8.80. The Labute approximate surface area is 178 Å². The number of halogens is 2. The van der Waals surface area contributed by atoms with Crippen molar-refractivity contribution in [2.24, 2.45) is 4.99 Å². The maximum absolute atomic E-state index is 13.1. The summed E-state index contributed by atoms with van der Waals surface area (Å²) in [5, 5.41) is 8.92. The molecule has 0 aromatic heterocycles. The second kappa shape index (κ2) is 15.6. The highest BCUT2D eigenvalue weighted by Gasteiger charge is 2.04. The van der Waals surface area contributed by atoms with Crippen molar-refractivity contribution in [1.82, 2.24) is 15.5 Å². The van der Waals surface area contributed by atoms with E-state index in [4.69, 9.17) is 4.74 Å². The molecular weight excluding hydrogens is 464 g/mol. The van der Waals surface area contributed by atoms with Crippen molar-refractivity contribution in [3.05, 3.63) is 30.1 Å². The molecule has 1 aromatic carbocycles. The van der Waals surface area contributed by atoms with E-state index in [9.17, 15) is 9.18 Å². The van der Waals surface area contributed by atoms with Crippen LogP contribution in [0.2, 0.25) is 0 Å². The van der Waals surface area contributed by atoms with Gasteiger partial charge in [0, 0.05) is 45.6 Å². The third-order valence-corrected chi connectivity index (χ3v) is 3.51. The lowest BCUT2D eigenvalue weighted by molar-refractivity contribution is -0.114. The van der Waals surface area contributed by atoms with E-state index in [1.165, 1.54) is 12.1 Å². The van der Waals surface area contributed by atoms with Gasteiger partial charge in [-0.3, -0.25) is 4.79 Å². The number of likely N-dealkylation sites (N-methyl/N-ethyl adjacent to an activating group) is 1. The van der Waals surface area contributed by atoms with Crippen LogP contribution in [-0.2, 0) is 9.53 Å². The Morgan fingerprint density at radius 1 is 1.30 bits per heavy atom. The largest absolute Gasteiger partial charge is 0.385 e. The molecule has 7 nitrogen and oxygen atoms in total. The zero-order chi connectivity index (χ0) is 19.2. The Kier molecular flexibility index (Phi) is 14.7. The van der Waals surface area contributed by atoms with Crippen LogP contribution in [-0.4, -0.2) is 70.3 Å². The fourth-order valence-corrected chi connectivity index (χ4v) is 2.22. The number of guanidine groups is 1. The van der Waals surface area contributed by atoms with Gasteiger partial charge in [0.05, 0.1) is 0 Å². The summed E-state index contributed by atoms with van der Waals surface area (Å²) in [6, 6.07) is 5.77. The van der Waals surface area contributed by atoms with Gasteiger partial charge in [-0.1, -0.05) is 6.07 Å². The van der Waals surface area contributed by atoms with Crippen molar-refractivity contribution < 1.29 is 13.9 Å². The zero-order valence-corrected chi connectivity index (χ0v) is 18.6. The summed E-state index contributed by atoms with van der Waals surface area (Å²) in [5.74, 6) is -0.118. The van der Waals surface area contributed by atoms with Gasteiger partial charge in [0.25, 0.3) is 0 Å². The Hall–Kier alpha value is -1.46. The molecule has 0 aliphatic rings. The van der Waals surface area contributed by atoms with Gasteiger partial charge in [-0.2, -0.15) is 0 Å². The fraction of sp³-hybridized carbons (Fsp3) is 0.556. The Morgan fingerprint density at radius 3 is 2.74 bits per heavy atom. The SMILES string of the molecule is CCNC(=NCC(=O)Nc1cccc(F)c1)NCCN(C)CCCOC.I. The molecule has 0 heterocycles. The highest BCUT2D eigenvalue weighted by atomic mass is 127. The minimum Gasteiger partial charge on any atom is -0.385 e. The molecule has 0 aliphatic heterocycles. The minimum absolute atomic E-state index is 0. The van der Waals surface area contributed by atoms with Crippen molar-refractivity contribution in [2.45, 2.75) is 13.3 Å². The summed E-state index contributed by atoms with van der Waals surface area (Å²) in [4.78, 5) is 18.4. The molecule has 9 heteroatoms. The topological polar surface area (TPSA) is 78.0 Å². The van der Waals surface area contributed by atoms with E-state index in [0.717, 1.165) is 26.1 Å². The highest BCUT2D eigenvalue weighted by Crippen LogP contribution is 2.08. The maximum atomic E-state index is 13.1. The van der Waals surface area contributed by atoms with Crippen molar-refractivity contribution in [3.8, 4) is 0 Å². The second-order valence-corrected chi connectivity index (χ2v) is 5.83. The Morgan fingerprint density at radius 2 is 2.07 bits per heavy atom. The average Bonchev–Trinajstić information content (AvgIpc) is 2.60. The van der Waals surface area contributed by atoms with Gasteiger partial charge in [0.1, 0.15) is 12.4 Å². The molecule has 1 aromatic rings. The number of hydrogen-bond donors (Lipinski definition) is 3. The van der Waals surface area contributed by atoms with Gasteiger partial charge >= 0.3 is 0 Å². The van der Waals surface area contributed by atoms with Crippen LogP contribution in [0.3, 0.4) is 0 Å². The molecule has 1 amide bonds. The summed E-state index contributed by atoms with van der Waals surface area (Å²) in [7, 11) is 3.75. The fourth-order valence-electron chi connectivity index (χ4n) is 2.22. The number of amides is 1. The summed E-state index contributed by atoms with van der Waals surface area (Å²) >= 11 is 0. The van der Waals surface area contributed by atoms with Gasteiger partial charge in [-0.15, -0.1) is 24.0 Å². The Balaban J connectivity index is 0.00000676. The van der Waals surface area contributed by atoms with Gasteiger partial charge in [0.2, 0.25) is 5.91 Å². The predicted molar refractivity (Wildman–Crippen MR) is 118 cm³/mol. The number of ether oxygens (including phenoxy) is 1. The molecular formula is C18H31FIN5O2. The van der Waals surface area contributed by atoms with E-state index >= 15 is 0 Å². The van der Waals surface area contributed by atoms with Crippen LogP contribution >= 0.6 is 24.0 Å². The molecule has 0 fully saturated rings. The van der Waals surface area contributed by atoms with E-state index in [2.05, 4.69) is 25.8 Å². The van der Waals surface area contributed by atoms with Crippen LogP contribution in [0.5, 0.6) is 0 Å². The standard InChI is InChI=1S/C18H30FN5O2.HI/c1-4-20-18(21-9-11-24(2)10-6-12-26-3)22-14-17(25)23-16-8-5-7-15(19)13-16;/h5,7-8,13H,4,6,9-12,14H2,1-3H3,(H,23,25)(H2,20,21,22);1H. The third kappa shape index (κ3) is 12.5. The number of benzene rings is 1. The van der Waals surface area contributed by atoms with Crippen molar-refractivity contribution in [1.29, 1.82) is 0 Å². The number of rotatable bonds is 11. The monoisotopic (exact) mass is 495 g/mol. The number of carbonyl (C=O) groups is 1. The van der Waals surface area contributed by atoms with Crippen LogP contribution in [0.15, 0.2) is 29.3 Å². The first-order chi connectivity index (χ1) is 12.5. The number of anilines is 1. The summed E-state index contributed by atoms with van der Waals surface area (Å²) < 4.78 is 18.2. The maximum Gasteiger partial charge on any atom is 0.246 e. The van der Waals surface area contributed by atoms with Crippen molar-refractivity contribution in [2.75, 3.05) is 58.8 Å². The molecule has 0 atom stereocenters. The summed E-state index contributed by atoms with van der Waals surface area (Å²) in [6.45, 7) is 5.88. The molecule has 154 valence electrons. The van der Waals surface area contributed by atoms with Crippen LogP contribution in [0.25, 0.3) is 0 Å². The van der Waals surface area contributed by atoms with Gasteiger partial charge in [-0.25, -0.2) is 9.38 Å². The molecule has 0 unspecified atom stereocenters. The lowest BCUT2D eigenvalue weighted by atomic mass is 10.3. The molecule has 3 N–H and O–H groups in total. The van der Waals surface area contributed by atoms with Gasteiger partial charge < -0.3 is 25.6 Å². The molecule has 0 bridgehead atoms. The normalized spacial score (nSPS) is 11.1. The van der Waals surface area contributed by atoms with E-state index in [0.29, 0.717) is 24.7 Å². The molecule has 27 heavy (non-hydrogen) atoms. The summed E-state index contributed by atoms with van der Waals surface area (Å²) in [5.41, 5.74) is 0.417. The number of nitrogens with one attached hydrogen (secondary N) is 3. The molecule has 0 aliphatic carbocycles. The van der Waals surface area contributed by atoms with E-state index in [1.807, 2.05) is 14.0 Å². The van der Waals surface area contributed by atoms with Crippen molar-refractivity contribution in [3.63, 3.8) is 0 Å². The molecule has 0 saturated heterocycles. The van der Waals surface area contributed by atoms with E-state index < -0.39 is 5.82 Å². The number of hydrogen-bond acceptors (Lipinski definition) is 4.